The zero-order valence-electron chi connectivity index (χ0n) is 11.2. The fourth-order valence-corrected chi connectivity index (χ4v) is 2.42. The first-order chi connectivity index (χ1) is 9.15. The zero-order valence-corrected chi connectivity index (χ0v) is 12.0. The summed E-state index contributed by atoms with van der Waals surface area (Å²) in [5.74, 6) is 1.30. The van der Waals surface area contributed by atoms with Gasteiger partial charge in [0.05, 0.1) is 11.4 Å². The first-order valence-corrected chi connectivity index (χ1v) is 6.89. The molecule has 0 saturated carbocycles. The van der Waals surface area contributed by atoms with Gasteiger partial charge in [-0.1, -0.05) is 11.6 Å². The second-order valence-corrected chi connectivity index (χ2v) is 4.75. The number of hydrogen-bond acceptors (Lipinski definition) is 3. The van der Waals surface area contributed by atoms with Gasteiger partial charge in [0.15, 0.2) is 11.5 Å². The van der Waals surface area contributed by atoms with Crippen molar-refractivity contribution in [1.29, 1.82) is 0 Å². The smallest absolute Gasteiger partial charge is 0.226 e. The third-order valence-electron chi connectivity index (χ3n) is 3.13. The van der Waals surface area contributed by atoms with Crippen molar-refractivity contribution in [2.75, 3.05) is 26.3 Å². The third kappa shape index (κ3) is 3.13. The molecule has 1 amide bonds. The highest BCUT2D eigenvalue weighted by atomic mass is 35.5. The molecule has 1 aliphatic rings. The van der Waals surface area contributed by atoms with Gasteiger partial charge in [0.2, 0.25) is 5.91 Å². The van der Waals surface area contributed by atoms with Crippen LogP contribution in [0.4, 0.5) is 0 Å². The molecule has 1 heterocycles. The highest BCUT2D eigenvalue weighted by Gasteiger charge is 2.18. The van der Waals surface area contributed by atoms with Gasteiger partial charge in [-0.25, -0.2) is 0 Å². The molecule has 0 atom stereocenters. The number of halogens is 1. The molecule has 0 spiro atoms. The van der Waals surface area contributed by atoms with E-state index in [9.17, 15) is 4.79 Å². The number of carbonyl (C=O) groups is 1. The van der Waals surface area contributed by atoms with Gasteiger partial charge in [-0.3, -0.25) is 4.79 Å². The van der Waals surface area contributed by atoms with Gasteiger partial charge in [0.1, 0.15) is 13.2 Å². The highest BCUT2D eigenvalue weighted by molar-refractivity contribution is 6.32. The Labute approximate surface area is 118 Å². The van der Waals surface area contributed by atoms with Crippen LogP contribution in [0.1, 0.15) is 19.4 Å². The molecule has 1 aliphatic heterocycles. The average Bonchev–Trinajstić information content (AvgIpc) is 2.40. The Morgan fingerprint density at radius 2 is 1.95 bits per heavy atom. The molecule has 2 rings (SSSR count). The lowest BCUT2D eigenvalue weighted by Crippen LogP contribution is -2.31. The Morgan fingerprint density at radius 3 is 2.63 bits per heavy atom. The normalized spacial score (nSPS) is 13.2. The van der Waals surface area contributed by atoms with Crippen molar-refractivity contribution >= 4 is 17.5 Å². The molecule has 19 heavy (non-hydrogen) atoms. The molecule has 0 saturated heterocycles. The molecule has 5 heteroatoms. The predicted molar refractivity (Wildman–Crippen MR) is 74.1 cm³/mol. The Hall–Kier alpha value is -1.42. The number of amides is 1. The minimum absolute atomic E-state index is 0.0951. The zero-order chi connectivity index (χ0) is 13.8. The number of fused-ring (bicyclic) bond motifs is 1. The number of hydrogen-bond donors (Lipinski definition) is 0. The first kappa shape index (κ1) is 14.0. The van der Waals surface area contributed by atoms with E-state index in [0.717, 1.165) is 5.56 Å². The van der Waals surface area contributed by atoms with Crippen molar-refractivity contribution in [3.05, 3.63) is 22.7 Å². The van der Waals surface area contributed by atoms with Gasteiger partial charge < -0.3 is 14.4 Å². The minimum atomic E-state index is 0.0951. The first-order valence-electron chi connectivity index (χ1n) is 6.51. The minimum Gasteiger partial charge on any atom is -0.486 e. The van der Waals surface area contributed by atoms with E-state index >= 15 is 0 Å². The summed E-state index contributed by atoms with van der Waals surface area (Å²) in [6.07, 6.45) is 0.331. The number of nitrogens with zero attached hydrogens (tertiary/aromatic N) is 1. The van der Waals surface area contributed by atoms with E-state index < -0.39 is 0 Å². The molecule has 0 bridgehead atoms. The van der Waals surface area contributed by atoms with Gasteiger partial charge in [0.25, 0.3) is 0 Å². The largest absolute Gasteiger partial charge is 0.486 e. The summed E-state index contributed by atoms with van der Waals surface area (Å²) in [6.45, 7) is 6.39. The van der Waals surface area contributed by atoms with Gasteiger partial charge in [-0.05, 0) is 31.5 Å². The number of likely N-dealkylation sites (N-methyl/N-ethyl adjacent to an activating group) is 1. The molecule has 1 aromatic rings. The number of rotatable bonds is 4. The molecule has 0 aromatic heterocycles. The van der Waals surface area contributed by atoms with Gasteiger partial charge in [0, 0.05) is 13.1 Å². The van der Waals surface area contributed by atoms with Crippen LogP contribution >= 0.6 is 11.6 Å². The number of carbonyl (C=O) groups excluding carboxylic acids is 1. The second kappa shape index (κ2) is 6.15. The fourth-order valence-electron chi connectivity index (χ4n) is 2.13. The van der Waals surface area contributed by atoms with E-state index in [1.54, 1.807) is 11.0 Å². The van der Waals surface area contributed by atoms with Crippen LogP contribution in [0.15, 0.2) is 12.1 Å². The molecule has 1 aromatic carbocycles. The van der Waals surface area contributed by atoms with E-state index in [4.69, 9.17) is 21.1 Å². The summed E-state index contributed by atoms with van der Waals surface area (Å²) in [6, 6.07) is 3.61. The van der Waals surface area contributed by atoms with Crippen molar-refractivity contribution in [1.82, 2.24) is 4.90 Å². The van der Waals surface area contributed by atoms with Crippen LogP contribution < -0.4 is 9.47 Å². The molecular weight excluding hydrogens is 266 g/mol. The van der Waals surface area contributed by atoms with Crippen LogP contribution in [0.3, 0.4) is 0 Å². The molecule has 0 radical (unpaired) electrons. The summed E-state index contributed by atoms with van der Waals surface area (Å²) in [5.41, 5.74) is 0.853. The predicted octanol–water partition coefficient (Wildman–Crippen LogP) is 2.52. The van der Waals surface area contributed by atoms with E-state index in [1.165, 1.54) is 0 Å². The lowest BCUT2D eigenvalue weighted by Gasteiger charge is -2.21. The second-order valence-electron chi connectivity index (χ2n) is 4.34. The van der Waals surface area contributed by atoms with Crippen molar-refractivity contribution in [3.63, 3.8) is 0 Å². The lowest BCUT2D eigenvalue weighted by molar-refractivity contribution is -0.130. The maximum absolute atomic E-state index is 12.1. The van der Waals surface area contributed by atoms with Gasteiger partial charge in [-0.15, -0.1) is 0 Å². The summed E-state index contributed by atoms with van der Waals surface area (Å²) in [7, 11) is 0. The molecule has 0 fully saturated rings. The van der Waals surface area contributed by atoms with Gasteiger partial charge >= 0.3 is 0 Å². The summed E-state index contributed by atoms with van der Waals surface area (Å²) < 4.78 is 11.0. The quantitative estimate of drug-likeness (QED) is 0.852. The summed E-state index contributed by atoms with van der Waals surface area (Å²) in [4.78, 5) is 13.9. The van der Waals surface area contributed by atoms with Crippen LogP contribution in [0.25, 0.3) is 0 Å². The Bertz CT molecular complexity index is 472. The fraction of sp³-hybridized carbons (Fsp3) is 0.500. The molecule has 104 valence electrons. The third-order valence-corrected chi connectivity index (χ3v) is 3.41. The molecule has 0 N–H and O–H groups in total. The van der Waals surface area contributed by atoms with Crippen LogP contribution in [0.5, 0.6) is 11.5 Å². The van der Waals surface area contributed by atoms with E-state index in [0.29, 0.717) is 49.2 Å². The Balaban J connectivity index is 2.17. The lowest BCUT2D eigenvalue weighted by atomic mass is 10.1. The Morgan fingerprint density at radius 1 is 1.26 bits per heavy atom. The maximum Gasteiger partial charge on any atom is 0.226 e. The van der Waals surface area contributed by atoms with Crippen LogP contribution in [0.2, 0.25) is 5.02 Å². The van der Waals surface area contributed by atoms with E-state index in [2.05, 4.69) is 0 Å². The van der Waals surface area contributed by atoms with E-state index in [-0.39, 0.29) is 5.91 Å². The maximum atomic E-state index is 12.1. The SMILES string of the molecule is CCN(CC)C(=O)Cc1cc(Cl)c2c(c1)OCCO2. The standard InChI is InChI=1S/C14H18ClNO3/c1-3-16(4-2)13(17)9-10-7-11(15)14-12(8-10)18-5-6-19-14/h7-8H,3-6,9H2,1-2H3. The number of ether oxygens (including phenoxy) is 2. The van der Waals surface area contributed by atoms with Crippen LogP contribution in [-0.4, -0.2) is 37.1 Å². The number of benzene rings is 1. The Kier molecular flexibility index (Phi) is 4.53. The average molecular weight is 284 g/mol. The summed E-state index contributed by atoms with van der Waals surface area (Å²) in [5, 5.41) is 0.500. The van der Waals surface area contributed by atoms with Crippen molar-refractivity contribution in [2.24, 2.45) is 0 Å². The van der Waals surface area contributed by atoms with Crippen molar-refractivity contribution in [3.8, 4) is 11.5 Å². The molecule has 0 unspecified atom stereocenters. The van der Waals surface area contributed by atoms with Crippen LogP contribution in [0, 0.1) is 0 Å². The van der Waals surface area contributed by atoms with E-state index in [1.807, 2.05) is 19.9 Å². The monoisotopic (exact) mass is 283 g/mol. The highest BCUT2D eigenvalue weighted by Crippen LogP contribution is 2.38. The summed E-state index contributed by atoms with van der Waals surface area (Å²) >= 11 is 6.15. The van der Waals surface area contributed by atoms with Crippen molar-refractivity contribution < 1.29 is 14.3 Å². The van der Waals surface area contributed by atoms with Crippen molar-refractivity contribution in [2.45, 2.75) is 20.3 Å². The van der Waals surface area contributed by atoms with Crippen LogP contribution in [-0.2, 0) is 11.2 Å². The topological polar surface area (TPSA) is 38.8 Å². The molecule has 4 nitrogen and oxygen atoms in total. The van der Waals surface area contributed by atoms with Gasteiger partial charge in [-0.2, -0.15) is 0 Å². The molecular formula is C14H18ClNO3. The molecule has 0 aliphatic carbocycles.